The summed E-state index contributed by atoms with van der Waals surface area (Å²) in [6.45, 7) is 0. The van der Waals surface area contributed by atoms with Crippen molar-refractivity contribution in [3.05, 3.63) is 12.1 Å². The van der Waals surface area contributed by atoms with Gasteiger partial charge in [0.1, 0.15) is 0 Å². The Bertz CT molecular complexity index is 552. The molecule has 0 aliphatic rings. The Morgan fingerprint density at radius 3 is 1.48 bits per heavy atom. The van der Waals surface area contributed by atoms with Crippen molar-refractivity contribution in [2.75, 3.05) is 7.05 Å². The first kappa shape index (κ1) is 23.1. The van der Waals surface area contributed by atoms with Crippen LogP contribution in [0.3, 0.4) is 0 Å². The van der Waals surface area contributed by atoms with Gasteiger partial charge in [-0.15, -0.1) is 0 Å². The van der Waals surface area contributed by atoms with E-state index in [2.05, 4.69) is 0 Å². The molecule has 0 saturated heterocycles. The fourth-order valence-corrected chi connectivity index (χ4v) is 1.09. The van der Waals surface area contributed by atoms with Gasteiger partial charge in [0.25, 0.3) is 5.91 Å². The standard InChI is InChI=1S/C9H4F13NO2/c1-23-4(24)5(13,14)6(15,16)7(17,18)8(19,20)9(21,22)25-3(12)2(10)11/h1H3,(H,23,24). The zero-order chi connectivity index (χ0) is 20.6. The molecule has 0 atom stereocenters. The Hall–Kier alpha value is -1.90. The second-order valence-electron chi connectivity index (χ2n) is 4.03. The van der Waals surface area contributed by atoms with E-state index in [1.807, 2.05) is 4.74 Å². The van der Waals surface area contributed by atoms with Crippen molar-refractivity contribution in [1.29, 1.82) is 0 Å². The van der Waals surface area contributed by atoms with Gasteiger partial charge < -0.3 is 10.1 Å². The first-order chi connectivity index (χ1) is 10.8. The number of ether oxygens (including phenoxy) is 1. The number of hydrogen-bond donors (Lipinski definition) is 1. The third-order valence-corrected chi connectivity index (χ3v) is 2.43. The highest BCUT2D eigenvalue weighted by molar-refractivity contribution is 5.84. The van der Waals surface area contributed by atoms with Crippen LogP contribution in [0.25, 0.3) is 0 Å². The Kier molecular flexibility index (Phi) is 5.95. The molecule has 0 heterocycles. The lowest BCUT2D eigenvalue weighted by Crippen LogP contribution is -2.70. The topological polar surface area (TPSA) is 38.3 Å². The fraction of sp³-hybridized carbons (Fsp3) is 0.667. The quantitative estimate of drug-likeness (QED) is 0.515. The molecule has 0 radical (unpaired) electrons. The summed E-state index contributed by atoms with van der Waals surface area (Å²) in [6.07, 6.45) is -11.0. The van der Waals surface area contributed by atoms with Gasteiger partial charge in [-0.05, 0) is 0 Å². The minimum absolute atomic E-state index is 0.185. The van der Waals surface area contributed by atoms with E-state index in [9.17, 15) is 61.9 Å². The summed E-state index contributed by atoms with van der Waals surface area (Å²) in [5, 5.41) is 0.688. The van der Waals surface area contributed by atoms with Crippen LogP contribution >= 0.6 is 0 Å². The van der Waals surface area contributed by atoms with E-state index in [1.54, 1.807) is 0 Å². The molecule has 3 nitrogen and oxygen atoms in total. The van der Waals surface area contributed by atoms with Gasteiger partial charge in [-0.2, -0.15) is 57.1 Å². The number of rotatable bonds is 7. The minimum atomic E-state index is -7.77. The zero-order valence-corrected chi connectivity index (χ0v) is 11.2. The van der Waals surface area contributed by atoms with Crippen molar-refractivity contribution in [1.82, 2.24) is 5.32 Å². The Morgan fingerprint density at radius 1 is 0.760 bits per heavy atom. The highest BCUT2D eigenvalue weighted by Gasteiger charge is 2.89. The average Bonchev–Trinajstić information content (AvgIpc) is 2.44. The molecule has 16 heteroatoms. The number of amides is 1. The van der Waals surface area contributed by atoms with E-state index in [-0.39, 0.29) is 7.05 Å². The molecule has 148 valence electrons. The second kappa shape index (κ2) is 6.44. The van der Waals surface area contributed by atoms with Gasteiger partial charge in [-0.3, -0.25) is 4.79 Å². The fourth-order valence-electron chi connectivity index (χ4n) is 1.09. The van der Waals surface area contributed by atoms with E-state index < -0.39 is 47.8 Å². The Morgan fingerprint density at radius 2 is 1.16 bits per heavy atom. The van der Waals surface area contributed by atoms with Gasteiger partial charge in [0.2, 0.25) is 0 Å². The van der Waals surface area contributed by atoms with Crippen LogP contribution in [-0.2, 0) is 9.53 Å². The Labute approximate surface area is 128 Å². The van der Waals surface area contributed by atoms with Crippen LogP contribution in [0.15, 0.2) is 12.1 Å². The van der Waals surface area contributed by atoms with Crippen molar-refractivity contribution in [3.8, 4) is 0 Å². The Balaban J connectivity index is 6.20. The summed E-state index contributed by atoms with van der Waals surface area (Å²) in [6, 6.07) is -3.86. The maximum Gasteiger partial charge on any atom is 0.472 e. The van der Waals surface area contributed by atoms with Gasteiger partial charge in [0.05, 0.1) is 0 Å². The molecule has 0 saturated carbocycles. The predicted molar refractivity (Wildman–Crippen MR) is 50.2 cm³/mol. The summed E-state index contributed by atoms with van der Waals surface area (Å²) in [7, 11) is 0.185. The molecule has 0 unspecified atom stereocenters. The SMILES string of the molecule is CNC(=O)C(F)(F)C(F)(F)C(F)(F)C(F)(F)C(F)(F)OC(F)=C(F)F. The van der Waals surface area contributed by atoms with E-state index in [0.29, 0.717) is 5.32 Å². The lowest BCUT2D eigenvalue weighted by molar-refractivity contribution is -0.438. The lowest BCUT2D eigenvalue weighted by atomic mass is 9.97. The molecule has 0 bridgehead atoms. The van der Waals surface area contributed by atoms with Crippen LogP contribution in [-0.4, -0.2) is 42.8 Å². The van der Waals surface area contributed by atoms with Crippen LogP contribution in [0.1, 0.15) is 0 Å². The van der Waals surface area contributed by atoms with Gasteiger partial charge in [0.15, 0.2) is 0 Å². The number of carbonyl (C=O) groups is 1. The maximum absolute atomic E-state index is 13.1. The molecular formula is C9H4F13NO2. The number of carbonyl (C=O) groups excluding carboxylic acids is 1. The summed E-state index contributed by atoms with van der Waals surface area (Å²) >= 11 is 0. The van der Waals surface area contributed by atoms with E-state index in [4.69, 9.17) is 0 Å². The lowest BCUT2D eigenvalue weighted by Gasteiger charge is -2.37. The summed E-state index contributed by atoms with van der Waals surface area (Å²) in [5.41, 5.74) is 0. The van der Waals surface area contributed by atoms with Crippen molar-refractivity contribution in [3.63, 3.8) is 0 Å². The van der Waals surface area contributed by atoms with Crippen molar-refractivity contribution in [2.45, 2.75) is 29.8 Å². The molecule has 0 aromatic heterocycles. The van der Waals surface area contributed by atoms with Crippen LogP contribution < -0.4 is 5.32 Å². The molecular weight excluding hydrogens is 401 g/mol. The van der Waals surface area contributed by atoms with Crippen molar-refractivity contribution < 1.29 is 66.6 Å². The van der Waals surface area contributed by atoms with Crippen LogP contribution in [0.2, 0.25) is 0 Å². The van der Waals surface area contributed by atoms with Crippen LogP contribution in [0.4, 0.5) is 57.1 Å². The van der Waals surface area contributed by atoms with Gasteiger partial charge in [-0.1, -0.05) is 0 Å². The molecule has 25 heavy (non-hydrogen) atoms. The van der Waals surface area contributed by atoms with Crippen molar-refractivity contribution >= 4 is 5.91 Å². The minimum Gasteiger partial charge on any atom is -0.397 e. The van der Waals surface area contributed by atoms with E-state index in [0.717, 1.165) is 0 Å². The molecule has 0 aliphatic heterocycles. The summed E-state index contributed by atoms with van der Waals surface area (Å²) in [5.74, 6) is -32.9. The van der Waals surface area contributed by atoms with Crippen LogP contribution in [0, 0.1) is 0 Å². The molecule has 0 aliphatic carbocycles. The van der Waals surface area contributed by atoms with Crippen molar-refractivity contribution in [2.24, 2.45) is 0 Å². The molecule has 0 spiro atoms. The number of nitrogens with one attached hydrogen (secondary N) is 1. The average molecular weight is 405 g/mol. The monoisotopic (exact) mass is 405 g/mol. The maximum atomic E-state index is 13.1. The smallest absolute Gasteiger partial charge is 0.397 e. The van der Waals surface area contributed by atoms with Gasteiger partial charge in [-0.25, -0.2) is 0 Å². The third kappa shape index (κ3) is 3.42. The number of alkyl halides is 10. The molecule has 0 rings (SSSR count). The largest absolute Gasteiger partial charge is 0.472 e. The number of hydrogen-bond acceptors (Lipinski definition) is 2. The number of halogens is 13. The van der Waals surface area contributed by atoms with E-state index >= 15 is 0 Å². The first-order valence-corrected chi connectivity index (χ1v) is 5.32. The van der Waals surface area contributed by atoms with E-state index in [1.165, 1.54) is 0 Å². The molecule has 0 aromatic carbocycles. The molecule has 0 fully saturated rings. The summed E-state index contributed by atoms with van der Waals surface area (Å²) in [4.78, 5) is 10.5. The molecule has 0 aromatic rings. The predicted octanol–water partition coefficient (Wildman–Crippen LogP) is 3.92. The zero-order valence-electron chi connectivity index (χ0n) is 11.2. The first-order valence-electron chi connectivity index (χ1n) is 5.32. The molecule has 1 N–H and O–H groups in total. The van der Waals surface area contributed by atoms with Gasteiger partial charge in [0, 0.05) is 7.05 Å². The highest BCUT2D eigenvalue weighted by atomic mass is 19.4. The van der Waals surface area contributed by atoms with Crippen LogP contribution in [0.5, 0.6) is 0 Å². The normalized spacial score (nSPS) is 14.2. The summed E-state index contributed by atoms with van der Waals surface area (Å²) < 4.78 is 167. The second-order valence-corrected chi connectivity index (χ2v) is 4.03. The third-order valence-electron chi connectivity index (χ3n) is 2.43. The highest BCUT2D eigenvalue weighted by Crippen LogP contribution is 2.57. The molecule has 1 amide bonds. The van der Waals surface area contributed by atoms with Gasteiger partial charge >= 0.3 is 41.9 Å².